The van der Waals surface area contributed by atoms with Crippen LogP contribution in [0.1, 0.15) is 50.4 Å². The van der Waals surface area contributed by atoms with Gasteiger partial charge in [-0.15, -0.1) is 0 Å². The molecule has 1 aromatic carbocycles. The number of hydrazine groups is 1. The van der Waals surface area contributed by atoms with Crippen molar-refractivity contribution < 1.29 is 19.0 Å². The molecule has 0 unspecified atom stereocenters. The van der Waals surface area contributed by atoms with Gasteiger partial charge in [0.05, 0.1) is 19.8 Å². The lowest BCUT2D eigenvalue weighted by atomic mass is 10.0. The number of carbonyl (C=O) groups is 1. The summed E-state index contributed by atoms with van der Waals surface area (Å²) >= 11 is 0. The molecule has 2 rings (SSSR count). The van der Waals surface area contributed by atoms with Crippen LogP contribution in [0.5, 0.6) is 17.2 Å². The van der Waals surface area contributed by atoms with Crippen LogP contribution in [0, 0.1) is 0 Å². The number of allylic oxidation sites excluding steroid dienone is 3. The summed E-state index contributed by atoms with van der Waals surface area (Å²) in [5.41, 5.74) is 7.28. The van der Waals surface area contributed by atoms with Crippen LogP contribution < -0.4 is 25.1 Å². The Balaban J connectivity index is 2.15. The molecule has 0 saturated heterocycles. The standard InChI is InChI=1S/C20H28N2O4/c1-4-24-17-12-16(13-18(25-5-2)19(17)26-6-3)20(23)22-21-14-15-10-8-7-9-11-15/h7-8,12-14,21H,4-6,9-11H2,1-3H3,(H,22,23). The van der Waals surface area contributed by atoms with E-state index >= 15 is 0 Å². The van der Waals surface area contributed by atoms with E-state index in [9.17, 15) is 4.79 Å². The first-order valence-corrected chi connectivity index (χ1v) is 9.14. The number of amides is 1. The summed E-state index contributed by atoms with van der Waals surface area (Å²) in [5.74, 6) is 1.26. The van der Waals surface area contributed by atoms with E-state index in [1.165, 1.54) is 5.57 Å². The monoisotopic (exact) mass is 360 g/mol. The summed E-state index contributed by atoms with van der Waals surface area (Å²) in [7, 11) is 0. The zero-order valence-corrected chi connectivity index (χ0v) is 15.8. The minimum atomic E-state index is -0.266. The summed E-state index contributed by atoms with van der Waals surface area (Å²) < 4.78 is 16.9. The quantitative estimate of drug-likeness (QED) is 0.519. The topological polar surface area (TPSA) is 68.8 Å². The Morgan fingerprint density at radius 1 is 1.04 bits per heavy atom. The average Bonchev–Trinajstić information content (AvgIpc) is 2.65. The van der Waals surface area contributed by atoms with Crippen LogP contribution in [-0.4, -0.2) is 25.7 Å². The summed E-state index contributed by atoms with van der Waals surface area (Å²) in [4.78, 5) is 12.5. The van der Waals surface area contributed by atoms with Crippen LogP contribution in [-0.2, 0) is 0 Å². The highest BCUT2D eigenvalue weighted by Crippen LogP contribution is 2.39. The second kappa shape index (κ2) is 10.4. The van der Waals surface area contributed by atoms with Gasteiger partial charge in [0.2, 0.25) is 5.75 Å². The van der Waals surface area contributed by atoms with E-state index in [1.54, 1.807) is 12.1 Å². The van der Waals surface area contributed by atoms with Crippen molar-refractivity contribution in [2.75, 3.05) is 19.8 Å². The van der Waals surface area contributed by atoms with E-state index in [2.05, 4.69) is 23.0 Å². The predicted octanol–water partition coefficient (Wildman–Crippen LogP) is 3.74. The molecule has 1 aromatic rings. The van der Waals surface area contributed by atoms with E-state index in [0.717, 1.165) is 19.3 Å². The van der Waals surface area contributed by atoms with Gasteiger partial charge in [0, 0.05) is 11.8 Å². The van der Waals surface area contributed by atoms with Gasteiger partial charge >= 0.3 is 0 Å². The molecule has 6 heteroatoms. The zero-order valence-electron chi connectivity index (χ0n) is 15.8. The highest BCUT2D eigenvalue weighted by atomic mass is 16.5. The Bertz CT molecular complexity index is 641. The smallest absolute Gasteiger partial charge is 0.269 e. The molecular weight excluding hydrogens is 332 g/mol. The number of carbonyl (C=O) groups excluding carboxylic acids is 1. The Morgan fingerprint density at radius 2 is 1.69 bits per heavy atom. The summed E-state index contributed by atoms with van der Waals surface area (Å²) in [6.45, 7) is 7.08. The fraction of sp³-hybridized carbons (Fsp3) is 0.450. The van der Waals surface area contributed by atoms with Crippen LogP contribution in [0.4, 0.5) is 0 Å². The van der Waals surface area contributed by atoms with Crippen LogP contribution in [0.25, 0.3) is 0 Å². The third-order valence-corrected chi connectivity index (χ3v) is 3.81. The van der Waals surface area contributed by atoms with Crippen LogP contribution in [0.15, 0.2) is 36.1 Å². The molecule has 0 fully saturated rings. The minimum Gasteiger partial charge on any atom is -0.490 e. The van der Waals surface area contributed by atoms with Crippen molar-refractivity contribution in [2.45, 2.75) is 40.0 Å². The van der Waals surface area contributed by atoms with Crippen molar-refractivity contribution in [1.82, 2.24) is 10.9 Å². The Labute approximate surface area is 155 Å². The predicted molar refractivity (Wildman–Crippen MR) is 102 cm³/mol. The van der Waals surface area contributed by atoms with Crippen molar-refractivity contribution >= 4 is 5.91 Å². The molecule has 0 spiro atoms. The van der Waals surface area contributed by atoms with Gasteiger partial charge in [-0.2, -0.15) is 0 Å². The van der Waals surface area contributed by atoms with Gasteiger partial charge in [-0.1, -0.05) is 12.2 Å². The molecule has 1 aliphatic carbocycles. The number of hydrogen-bond acceptors (Lipinski definition) is 5. The largest absolute Gasteiger partial charge is 0.490 e. The number of nitrogens with one attached hydrogen (secondary N) is 2. The van der Waals surface area contributed by atoms with Crippen molar-refractivity contribution in [1.29, 1.82) is 0 Å². The first-order valence-electron chi connectivity index (χ1n) is 9.14. The lowest BCUT2D eigenvalue weighted by Gasteiger charge is -2.17. The molecule has 142 valence electrons. The van der Waals surface area contributed by atoms with Gasteiger partial charge in [-0.3, -0.25) is 10.2 Å². The van der Waals surface area contributed by atoms with Gasteiger partial charge in [0.15, 0.2) is 11.5 Å². The maximum Gasteiger partial charge on any atom is 0.269 e. The molecule has 0 bridgehead atoms. The average molecular weight is 360 g/mol. The lowest BCUT2D eigenvalue weighted by Crippen LogP contribution is -2.34. The first kappa shape index (κ1) is 19.7. The van der Waals surface area contributed by atoms with Gasteiger partial charge < -0.3 is 19.6 Å². The van der Waals surface area contributed by atoms with Crippen LogP contribution >= 0.6 is 0 Å². The highest BCUT2D eigenvalue weighted by Gasteiger charge is 2.18. The molecule has 2 N–H and O–H groups in total. The first-order chi connectivity index (χ1) is 12.7. The molecule has 0 aliphatic heterocycles. The summed E-state index contributed by atoms with van der Waals surface area (Å²) in [6, 6.07) is 3.34. The van der Waals surface area contributed by atoms with Gasteiger partial charge in [0.25, 0.3) is 5.91 Å². The van der Waals surface area contributed by atoms with E-state index in [-0.39, 0.29) is 5.91 Å². The van der Waals surface area contributed by atoms with E-state index < -0.39 is 0 Å². The summed E-state index contributed by atoms with van der Waals surface area (Å²) in [5, 5.41) is 0. The Morgan fingerprint density at radius 3 is 2.23 bits per heavy atom. The molecule has 26 heavy (non-hydrogen) atoms. The third-order valence-electron chi connectivity index (χ3n) is 3.81. The highest BCUT2D eigenvalue weighted by molar-refractivity contribution is 5.95. The van der Waals surface area contributed by atoms with Crippen molar-refractivity contribution in [3.05, 3.63) is 41.6 Å². The normalized spacial score (nSPS) is 14.8. The van der Waals surface area contributed by atoms with Gasteiger partial charge in [-0.25, -0.2) is 0 Å². The number of ether oxygens (including phenoxy) is 3. The molecule has 0 heterocycles. The third kappa shape index (κ3) is 5.44. The zero-order chi connectivity index (χ0) is 18.8. The lowest BCUT2D eigenvalue weighted by molar-refractivity contribution is 0.0939. The SMILES string of the molecule is CCOc1cc(C(=O)NNC=C2CC=CCC2)cc(OCC)c1OCC. The van der Waals surface area contributed by atoms with E-state index in [4.69, 9.17) is 14.2 Å². The number of hydrogen-bond donors (Lipinski definition) is 2. The van der Waals surface area contributed by atoms with Crippen LogP contribution in [0.2, 0.25) is 0 Å². The molecule has 0 radical (unpaired) electrons. The Kier molecular flexibility index (Phi) is 7.86. The molecule has 0 aromatic heterocycles. The molecule has 6 nitrogen and oxygen atoms in total. The number of benzene rings is 1. The van der Waals surface area contributed by atoms with Crippen LogP contribution in [0.3, 0.4) is 0 Å². The van der Waals surface area contributed by atoms with Crippen molar-refractivity contribution in [3.63, 3.8) is 0 Å². The van der Waals surface area contributed by atoms with Gasteiger partial charge in [0.1, 0.15) is 0 Å². The molecule has 1 amide bonds. The Hall–Kier alpha value is -2.63. The molecule has 1 aliphatic rings. The van der Waals surface area contributed by atoms with E-state index in [1.807, 2.05) is 27.0 Å². The summed E-state index contributed by atoms with van der Waals surface area (Å²) in [6.07, 6.45) is 9.10. The fourth-order valence-electron chi connectivity index (χ4n) is 2.65. The minimum absolute atomic E-state index is 0.266. The fourth-order valence-corrected chi connectivity index (χ4v) is 2.65. The maximum atomic E-state index is 12.5. The molecule has 0 atom stereocenters. The van der Waals surface area contributed by atoms with E-state index in [0.29, 0.717) is 42.6 Å². The molecule has 0 saturated carbocycles. The van der Waals surface area contributed by atoms with Gasteiger partial charge in [-0.05, 0) is 57.7 Å². The molecular formula is C20H28N2O4. The van der Waals surface area contributed by atoms with Crippen molar-refractivity contribution in [3.8, 4) is 17.2 Å². The van der Waals surface area contributed by atoms with Crippen molar-refractivity contribution in [2.24, 2.45) is 0 Å². The number of rotatable bonds is 9. The second-order valence-corrected chi connectivity index (χ2v) is 5.72. The second-order valence-electron chi connectivity index (χ2n) is 5.72. The maximum absolute atomic E-state index is 12.5.